The first kappa shape index (κ1) is 10.6. The monoisotopic (exact) mass is 200 g/mol. The van der Waals surface area contributed by atoms with Crippen molar-refractivity contribution in [3.63, 3.8) is 0 Å². The Labute approximate surface area is 80.9 Å². The highest BCUT2D eigenvalue weighted by atomic mass is 16.4. The van der Waals surface area contributed by atoms with Crippen molar-refractivity contribution in [3.8, 4) is 0 Å². The summed E-state index contributed by atoms with van der Waals surface area (Å²) < 4.78 is 0. The third-order valence-corrected chi connectivity index (χ3v) is 1.88. The number of rotatable bonds is 4. The van der Waals surface area contributed by atoms with Crippen molar-refractivity contribution in [2.24, 2.45) is 0 Å². The van der Waals surface area contributed by atoms with Gasteiger partial charge in [-0.05, 0) is 13.0 Å². The van der Waals surface area contributed by atoms with E-state index in [0.717, 1.165) is 0 Å². The molecule has 1 aliphatic rings. The fourth-order valence-corrected chi connectivity index (χ4v) is 1.31. The second kappa shape index (κ2) is 4.71. The number of imide groups is 1. The standard InChI is InChI=1S/C8H12N2O4/c11-6-4-10(5-7(12)9-6)3-1-2-8(13)14/h1-5H2,(H,13,14)(H,9,11,12). The van der Waals surface area contributed by atoms with E-state index in [9.17, 15) is 14.4 Å². The van der Waals surface area contributed by atoms with Crippen LogP contribution in [-0.4, -0.2) is 47.4 Å². The van der Waals surface area contributed by atoms with Crippen LogP contribution in [0.5, 0.6) is 0 Å². The number of aliphatic carboxylic acids is 1. The van der Waals surface area contributed by atoms with Crippen LogP contribution in [0.25, 0.3) is 0 Å². The van der Waals surface area contributed by atoms with Gasteiger partial charge in [-0.3, -0.25) is 24.6 Å². The van der Waals surface area contributed by atoms with Crippen molar-refractivity contribution in [2.75, 3.05) is 19.6 Å². The van der Waals surface area contributed by atoms with E-state index in [1.165, 1.54) is 0 Å². The van der Waals surface area contributed by atoms with E-state index < -0.39 is 5.97 Å². The van der Waals surface area contributed by atoms with Crippen LogP contribution in [0.15, 0.2) is 0 Å². The Morgan fingerprint density at radius 3 is 2.43 bits per heavy atom. The second-order valence-electron chi connectivity index (χ2n) is 3.18. The molecule has 0 spiro atoms. The molecule has 0 aliphatic carbocycles. The highest BCUT2D eigenvalue weighted by molar-refractivity contribution is 5.99. The van der Waals surface area contributed by atoms with Gasteiger partial charge in [-0.15, -0.1) is 0 Å². The molecular formula is C8H12N2O4. The number of piperazine rings is 1. The minimum absolute atomic E-state index is 0.0618. The van der Waals surface area contributed by atoms with Gasteiger partial charge < -0.3 is 5.11 Å². The number of amides is 2. The molecule has 0 bridgehead atoms. The lowest BCUT2D eigenvalue weighted by molar-refractivity contribution is -0.137. The van der Waals surface area contributed by atoms with E-state index in [-0.39, 0.29) is 31.3 Å². The molecule has 0 unspecified atom stereocenters. The molecule has 0 atom stereocenters. The fourth-order valence-electron chi connectivity index (χ4n) is 1.31. The molecule has 1 rings (SSSR count). The SMILES string of the molecule is O=C(O)CCCN1CC(=O)NC(=O)C1. The molecule has 1 heterocycles. The van der Waals surface area contributed by atoms with Crippen LogP contribution in [0.1, 0.15) is 12.8 Å². The molecular weight excluding hydrogens is 188 g/mol. The number of nitrogens with one attached hydrogen (secondary N) is 1. The Kier molecular flexibility index (Phi) is 3.58. The fraction of sp³-hybridized carbons (Fsp3) is 0.625. The lowest BCUT2D eigenvalue weighted by Gasteiger charge is -2.24. The molecule has 6 nitrogen and oxygen atoms in total. The van der Waals surface area contributed by atoms with Crippen LogP contribution in [0.4, 0.5) is 0 Å². The van der Waals surface area contributed by atoms with Crippen LogP contribution >= 0.6 is 0 Å². The molecule has 0 aromatic rings. The molecule has 78 valence electrons. The van der Waals surface area contributed by atoms with Gasteiger partial charge in [0.2, 0.25) is 11.8 Å². The summed E-state index contributed by atoms with van der Waals surface area (Å²) in [6.45, 7) is 0.808. The first-order valence-corrected chi connectivity index (χ1v) is 4.35. The van der Waals surface area contributed by atoms with E-state index in [1.807, 2.05) is 0 Å². The highest BCUT2D eigenvalue weighted by Crippen LogP contribution is 1.98. The first-order chi connectivity index (χ1) is 6.58. The molecule has 1 fully saturated rings. The minimum Gasteiger partial charge on any atom is -0.481 e. The third kappa shape index (κ3) is 3.53. The van der Waals surface area contributed by atoms with E-state index in [1.54, 1.807) is 4.90 Å². The number of carbonyl (C=O) groups is 3. The summed E-state index contributed by atoms with van der Waals surface area (Å²) in [7, 11) is 0. The quantitative estimate of drug-likeness (QED) is 0.557. The third-order valence-electron chi connectivity index (χ3n) is 1.88. The number of carboxylic acid groups (broad SMARTS) is 1. The molecule has 14 heavy (non-hydrogen) atoms. The first-order valence-electron chi connectivity index (χ1n) is 4.35. The van der Waals surface area contributed by atoms with Gasteiger partial charge in [-0.25, -0.2) is 0 Å². The van der Waals surface area contributed by atoms with Crippen LogP contribution in [-0.2, 0) is 14.4 Å². The molecule has 0 aromatic carbocycles. The summed E-state index contributed by atoms with van der Waals surface area (Å²) in [5, 5.41) is 10.6. The zero-order chi connectivity index (χ0) is 10.6. The molecule has 6 heteroatoms. The van der Waals surface area contributed by atoms with Crippen LogP contribution < -0.4 is 5.32 Å². The molecule has 2 amide bonds. The number of carbonyl (C=O) groups excluding carboxylic acids is 2. The molecule has 1 aliphatic heterocycles. The van der Waals surface area contributed by atoms with E-state index in [2.05, 4.69) is 5.32 Å². The predicted molar refractivity (Wildman–Crippen MR) is 46.5 cm³/mol. The van der Waals surface area contributed by atoms with Crippen LogP contribution in [0.2, 0.25) is 0 Å². The highest BCUT2D eigenvalue weighted by Gasteiger charge is 2.21. The van der Waals surface area contributed by atoms with Gasteiger partial charge in [-0.1, -0.05) is 0 Å². The molecule has 1 saturated heterocycles. The van der Waals surface area contributed by atoms with Crippen LogP contribution in [0, 0.1) is 0 Å². The largest absolute Gasteiger partial charge is 0.481 e. The second-order valence-corrected chi connectivity index (χ2v) is 3.18. The number of carboxylic acids is 1. The Hall–Kier alpha value is -1.43. The van der Waals surface area contributed by atoms with Gasteiger partial charge in [0.15, 0.2) is 0 Å². The Bertz CT molecular complexity index is 248. The Morgan fingerprint density at radius 1 is 1.36 bits per heavy atom. The maximum Gasteiger partial charge on any atom is 0.303 e. The van der Waals surface area contributed by atoms with Crippen molar-refractivity contribution in [3.05, 3.63) is 0 Å². The molecule has 2 N–H and O–H groups in total. The summed E-state index contributed by atoms with van der Waals surface area (Å²) in [6, 6.07) is 0. The zero-order valence-electron chi connectivity index (χ0n) is 7.65. The van der Waals surface area contributed by atoms with E-state index >= 15 is 0 Å². The lowest BCUT2D eigenvalue weighted by atomic mass is 10.2. The Morgan fingerprint density at radius 2 is 1.93 bits per heavy atom. The summed E-state index contributed by atoms with van der Waals surface area (Å²) in [5.74, 6) is -1.51. The number of nitrogens with zero attached hydrogens (tertiary/aromatic N) is 1. The maximum absolute atomic E-state index is 10.9. The van der Waals surface area contributed by atoms with Gasteiger partial charge in [0.05, 0.1) is 13.1 Å². The van der Waals surface area contributed by atoms with Crippen molar-refractivity contribution in [1.82, 2.24) is 10.2 Å². The predicted octanol–water partition coefficient (Wildman–Crippen LogP) is -1.19. The van der Waals surface area contributed by atoms with Gasteiger partial charge >= 0.3 is 5.97 Å². The van der Waals surface area contributed by atoms with E-state index in [0.29, 0.717) is 13.0 Å². The van der Waals surface area contributed by atoms with Crippen molar-refractivity contribution in [1.29, 1.82) is 0 Å². The average Bonchev–Trinajstić information content (AvgIpc) is 2.01. The average molecular weight is 200 g/mol. The molecule has 0 saturated carbocycles. The van der Waals surface area contributed by atoms with Crippen molar-refractivity contribution in [2.45, 2.75) is 12.8 Å². The van der Waals surface area contributed by atoms with Gasteiger partial charge in [-0.2, -0.15) is 0 Å². The number of hydrogen-bond donors (Lipinski definition) is 2. The van der Waals surface area contributed by atoms with Crippen LogP contribution in [0.3, 0.4) is 0 Å². The smallest absolute Gasteiger partial charge is 0.303 e. The van der Waals surface area contributed by atoms with Crippen molar-refractivity contribution >= 4 is 17.8 Å². The summed E-state index contributed by atoms with van der Waals surface area (Å²) in [4.78, 5) is 33.6. The summed E-state index contributed by atoms with van der Waals surface area (Å²) in [6.07, 6.45) is 0.516. The molecule has 0 radical (unpaired) electrons. The van der Waals surface area contributed by atoms with Gasteiger partial charge in [0, 0.05) is 6.42 Å². The minimum atomic E-state index is -0.863. The lowest BCUT2D eigenvalue weighted by Crippen LogP contribution is -2.51. The normalized spacial score (nSPS) is 18.0. The Balaban J connectivity index is 2.27. The van der Waals surface area contributed by atoms with E-state index in [4.69, 9.17) is 5.11 Å². The zero-order valence-corrected chi connectivity index (χ0v) is 7.65. The molecule has 0 aromatic heterocycles. The summed E-state index contributed by atoms with van der Waals surface area (Å²) in [5.41, 5.74) is 0. The van der Waals surface area contributed by atoms with Gasteiger partial charge in [0.1, 0.15) is 0 Å². The maximum atomic E-state index is 10.9. The van der Waals surface area contributed by atoms with Crippen molar-refractivity contribution < 1.29 is 19.5 Å². The number of hydrogen-bond acceptors (Lipinski definition) is 4. The topological polar surface area (TPSA) is 86.7 Å². The van der Waals surface area contributed by atoms with Gasteiger partial charge in [0.25, 0.3) is 0 Å². The summed E-state index contributed by atoms with van der Waals surface area (Å²) >= 11 is 0.